The van der Waals surface area contributed by atoms with Crippen molar-refractivity contribution in [3.05, 3.63) is 53.7 Å². The predicted molar refractivity (Wildman–Crippen MR) is 81.1 cm³/mol. The molecular formula is C15H16N2O3S. The lowest BCUT2D eigenvalue weighted by atomic mass is 10.2. The van der Waals surface area contributed by atoms with Crippen molar-refractivity contribution in [2.75, 3.05) is 11.1 Å². The van der Waals surface area contributed by atoms with Gasteiger partial charge in [-0.05, 0) is 36.8 Å². The van der Waals surface area contributed by atoms with Crippen LogP contribution < -0.4 is 5.32 Å². The Bertz CT molecular complexity index is 770. The standard InChI is InChI=1S/C15H16N2O3S/c1-3-21(19,20)13-7-5-4-6-12(13)15(18)17-14-10-11(2)8-9-16-14/h4-10H,3H2,1-2H3,(H,16,17,18). The lowest BCUT2D eigenvalue weighted by Gasteiger charge is -2.09. The van der Waals surface area contributed by atoms with Crippen molar-refractivity contribution in [2.24, 2.45) is 0 Å². The molecule has 0 bridgehead atoms. The van der Waals surface area contributed by atoms with Gasteiger partial charge in [0, 0.05) is 6.20 Å². The van der Waals surface area contributed by atoms with Gasteiger partial charge in [0.2, 0.25) is 0 Å². The summed E-state index contributed by atoms with van der Waals surface area (Å²) in [4.78, 5) is 16.4. The maximum Gasteiger partial charge on any atom is 0.258 e. The number of rotatable bonds is 4. The molecule has 0 aliphatic rings. The topological polar surface area (TPSA) is 76.1 Å². The molecule has 0 atom stereocenters. The molecule has 2 rings (SSSR count). The highest BCUT2D eigenvalue weighted by Gasteiger charge is 2.20. The second-order valence-electron chi connectivity index (χ2n) is 4.57. The van der Waals surface area contributed by atoms with E-state index < -0.39 is 15.7 Å². The molecule has 5 nitrogen and oxygen atoms in total. The summed E-state index contributed by atoms with van der Waals surface area (Å²) in [7, 11) is -3.46. The van der Waals surface area contributed by atoms with E-state index in [0.29, 0.717) is 5.82 Å². The molecule has 110 valence electrons. The first-order valence-corrected chi connectivity index (χ1v) is 8.15. The number of aryl methyl sites for hydroxylation is 1. The first-order chi connectivity index (χ1) is 9.94. The zero-order valence-electron chi connectivity index (χ0n) is 11.8. The van der Waals surface area contributed by atoms with Crippen LogP contribution in [0, 0.1) is 6.92 Å². The third-order valence-corrected chi connectivity index (χ3v) is 4.79. The fraction of sp³-hybridized carbons (Fsp3) is 0.200. The lowest BCUT2D eigenvalue weighted by molar-refractivity contribution is 0.102. The molecule has 21 heavy (non-hydrogen) atoms. The molecule has 1 amide bonds. The SMILES string of the molecule is CCS(=O)(=O)c1ccccc1C(=O)Nc1cc(C)ccn1. The number of nitrogens with zero attached hydrogens (tertiary/aromatic N) is 1. The number of hydrogen-bond donors (Lipinski definition) is 1. The minimum absolute atomic E-state index is 0.0395. The summed E-state index contributed by atoms with van der Waals surface area (Å²) in [6.45, 7) is 3.43. The van der Waals surface area contributed by atoms with E-state index in [0.717, 1.165) is 5.56 Å². The van der Waals surface area contributed by atoms with E-state index >= 15 is 0 Å². The van der Waals surface area contributed by atoms with Crippen LogP contribution in [0.4, 0.5) is 5.82 Å². The molecule has 0 unspecified atom stereocenters. The van der Waals surface area contributed by atoms with Crippen LogP contribution in [0.1, 0.15) is 22.8 Å². The largest absolute Gasteiger partial charge is 0.307 e. The van der Waals surface area contributed by atoms with E-state index in [9.17, 15) is 13.2 Å². The van der Waals surface area contributed by atoms with Gasteiger partial charge >= 0.3 is 0 Å². The molecule has 6 heteroatoms. The number of pyridine rings is 1. The van der Waals surface area contributed by atoms with Crippen molar-refractivity contribution in [2.45, 2.75) is 18.7 Å². The van der Waals surface area contributed by atoms with Gasteiger partial charge in [0.05, 0.1) is 16.2 Å². The fourth-order valence-corrected chi connectivity index (χ4v) is 2.96. The van der Waals surface area contributed by atoms with Gasteiger partial charge in [0.15, 0.2) is 9.84 Å². The molecule has 0 aliphatic carbocycles. The van der Waals surface area contributed by atoms with Crippen LogP contribution in [0.2, 0.25) is 0 Å². The van der Waals surface area contributed by atoms with Crippen molar-refractivity contribution >= 4 is 21.6 Å². The summed E-state index contributed by atoms with van der Waals surface area (Å²) in [6, 6.07) is 9.70. The Labute approximate surface area is 124 Å². The second kappa shape index (κ2) is 6.05. The Morgan fingerprint density at radius 2 is 1.95 bits per heavy atom. The Kier molecular flexibility index (Phi) is 4.37. The number of sulfone groups is 1. The van der Waals surface area contributed by atoms with E-state index in [2.05, 4.69) is 10.3 Å². The molecule has 1 N–H and O–H groups in total. The highest BCUT2D eigenvalue weighted by atomic mass is 32.2. The molecule has 0 radical (unpaired) electrons. The number of carbonyl (C=O) groups is 1. The third kappa shape index (κ3) is 3.46. The molecule has 0 spiro atoms. The first kappa shape index (κ1) is 15.2. The number of hydrogen-bond acceptors (Lipinski definition) is 4. The molecule has 0 fully saturated rings. The fourth-order valence-electron chi connectivity index (χ4n) is 1.87. The normalized spacial score (nSPS) is 11.1. The Balaban J connectivity index is 2.37. The summed E-state index contributed by atoms with van der Waals surface area (Å²) >= 11 is 0. The van der Waals surface area contributed by atoms with Crippen molar-refractivity contribution in [3.8, 4) is 0 Å². The maximum absolute atomic E-state index is 12.3. The van der Waals surface area contributed by atoms with Crippen molar-refractivity contribution in [3.63, 3.8) is 0 Å². The molecule has 1 heterocycles. The number of nitrogens with one attached hydrogen (secondary N) is 1. The van der Waals surface area contributed by atoms with E-state index in [1.807, 2.05) is 13.0 Å². The molecule has 1 aromatic carbocycles. The molecule has 0 saturated carbocycles. The number of amides is 1. The zero-order valence-corrected chi connectivity index (χ0v) is 12.6. The average Bonchev–Trinajstić information content (AvgIpc) is 2.47. The smallest absolute Gasteiger partial charge is 0.258 e. The minimum Gasteiger partial charge on any atom is -0.307 e. The van der Waals surface area contributed by atoms with Gasteiger partial charge < -0.3 is 5.32 Å². The number of anilines is 1. The second-order valence-corrected chi connectivity index (χ2v) is 6.82. The van der Waals surface area contributed by atoms with Gasteiger partial charge in [0.25, 0.3) is 5.91 Å². The highest BCUT2D eigenvalue weighted by Crippen LogP contribution is 2.18. The Hall–Kier alpha value is -2.21. The molecule has 0 saturated heterocycles. The van der Waals surface area contributed by atoms with E-state index in [1.54, 1.807) is 31.3 Å². The van der Waals surface area contributed by atoms with Gasteiger partial charge in [-0.2, -0.15) is 0 Å². The number of benzene rings is 1. The highest BCUT2D eigenvalue weighted by molar-refractivity contribution is 7.91. The number of aromatic nitrogens is 1. The summed E-state index contributed by atoms with van der Waals surface area (Å²) in [5.74, 6) is -0.149. The lowest BCUT2D eigenvalue weighted by Crippen LogP contribution is -2.17. The first-order valence-electron chi connectivity index (χ1n) is 6.50. The van der Waals surface area contributed by atoms with Gasteiger partial charge in [-0.1, -0.05) is 19.1 Å². The minimum atomic E-state index is -3.46. The van der Waals surface area contributed by atoms with Gasteiger partial charge in [-0.15, -0.1) is 0 Å². The Morgan fingerprint density at radius 3 is 2.62 bits per heavy atom. The zero-order chi connectivity index (χ0) is 15.5. The van der Waals surface area contributed by atoms with Crippen LogP contribution in [0.5, 0.6) is 0 Å². The summed E-state index contributed by atoms with van der Waals surface area (Å²) in [5, 5.41) is 2.62. The van der Waals surface area contributed by atoms with Crippen LogP contribution in [0.25, 0.3) is 0 Å². The van der Waals surface area contributed by atoms with Gasteiger partial charge in [-0.3, -0.25) is 4.79 Å². The quantitative estimate of drug-likeness (QED) is 0.941. The van der Waals surface area contributed by atoms with Crippen molar-refractivity contribution in [1.82, 2.24) is 4.98 Å². The van der Waals surface area contributed by atoms with Crippen LogP contribution in [-0.4, -0.2) is 25.1 Å². The van der Waals surface area contributed by atoms with E-state index in [-0.39, 0.29) is 16.2 Å². The molecule has 2 aromatic rings. The summed E-state index contributed by atoms with van der Waals surface area (Å²) in [5.41, 5.74) is 1.08. The maximum atomic E-state index is 12.3. The average molecular weight is 304 g/mol. The summed E-state index contributed by atoms with van der Waals surface area (Å²) in [6.07, 6.45) is 1.58. The van der Waals surface area contributed by atoms with Crippen molar-refractivity contribution < 1.29 is 13.2 Å². The monoisotopic (exact) mass is 304 g/mol. The van der Waals surface area contributed by atoms with Crippen LogP contribution >= 0.6 is 0 Å². The van der Waals surface area contributed by atoms with Gasteiger partial charge in [0.1, 0.15) is 5.82 Å². The molecular weight excluding hydrogens is 288 g/mol. The van der Waals surface area contributed by atoms with Crippen molar-refractivity contribution in [1.29, 1.82) is 0 Å². The van der Waals surface area contributed by atoms with Crippen LogP contribution in [-0.2, 0) is 9.84 Å². The van der Waals surface area contributed by atoms with E-state index in [4.69, 9.17) is 0 Å². The number of carbonyl (C=O) groups excluding carboxylic acids is 1. The summed E-state index contributed by atoms with van der Waals surface area (Å²) < 4.78 is 24.1. The predicted octanol–water partition coefficient (Wildman–Crippen LogP) is 2.44. The Morgan fingerprint density at radius 1 is 1.24 bits per heavy atom. The third-order valence-electron chi connectivity index (χ3n) is 3.00. The van der Waals surface area contributed by atoms with Crippen LogP contribution in [0.15, 0.2) is 47.5 Å². The molecule has 0 aliphatic heterocycles. The van der Waals surface area contributed by atoms with E-state index in [1.165, 1.54) is 12.1 Å². The van der Waals surface area contributed by atoms with Crippen LogP contribution in [0.3, 0.4) is 0 Å². The molecule has 1 aromatic heterocycles. The van der Waals surface area contributed by atoms with Gasteiger partial charge in [-0.25, -0.2) is 13.4 Å².